The van der Waals surface area contributed by atoms with Gasteiger partial charge in [0.25, 0.3) is 5.91 Å². The average molecular weight is 450 g/mol. The first-order valence-corrected chi connectivity index (χ1v) is 11.7. The van der Waals surface area contributed by atoms with Crippen molar-refractivity contribution in [2.24, 2.45) is 0 Å². The molecule has 2 N–H and O–H groups in total. The summed E-state index contributed by atoms with van der Waals surface area (Å²) in [5.41, 5.74) is 4.01. The highest BCUT2D eigenvalue weighted by Crippen LogP contribution is 2.17. The number of rotatable bonds is 7. The lowest BCUT2D eigenvalue weighted by atomic mass is 9.98. The van der Waals surface area contributed by atoms with Crippen LogP contribution in [-0.4, -0.2) is 47.8 Å². The standard InChI is InChI=1S/C27H35N3O3/c1-18(2)22-10-8-21(9-11-22)17-25(28-20(4)31)26(32)29-24-12-14-30(15-13-24)27(33)23-7-5-6-19(3)16-23/h5-11,16,18,24-25H,12-15,17H2,1-4H3,(H,28,31)(H,29,32). The molecule has 33 heavy (non-hydrogen) atoms. The molecule has 0 bridgehead atoms. The molecule has 6 nitrogen and oxygen atoms in total. The number of benzene rings is 2. The second-order valence-electron chi connectivity index (χ2n) is 9.30. The summed E-state index contributed by atoms with van der Waals surface area (Å²) in [6.07, 6.45) is 1.83. The lowest BCUT2D eigenvalue weighted by molar-refractivity contribution is -0.128. The van der Waals surface area contributed by atoms with Crippen molar-refractivity contribution in [3.05, 3.63) is 70.8 Å². The monoisotopic (exact) mass is 449 g/mol. The van der Waals surface area contributed by atoms with Gasteiger partial charge in [0.05, 0.1) is 0 Å². The van der Waals surface area contributed by atoms with Crippen LogP contribution < -0.4 is 10.6 Å². The van der Waals surface area contributed by atoms with E-state index in [-0.39, 0.29) is 23.8 Å². The Kier molecular flexibility index (Phi) is 8.26. The van der Waals surface area contributed by atoms with Gasteiger partial charge in [-0.2, -0.15) is 0 Å². The molecule has 2 aromatic rings. The number of hydrogen-bond donors (Lipinski definition) is 2. The summed E-state index contributed by atoms with van der Waals surface area (Å²) in [6, 6.07) is 15.2. The molecule has 1 unspecified atom stereocenters. The van der Waals surface area contributed by atoms with Gasteiger partial charge >= 0.3 is 0 Å². The Labute approximate surface area is 196 Å². The number of carbonyl (C=O) groups is 3. The molecule has 3 rings (SSSR count). The Hall–Kier alpha value is -3.15. The number of piperidine rings is 1. The summed E-state index contributed by atoms with van der Waals surface area (Å²) >= 11 is 0. The highest BCUT2D eigenvalue weighted by atomic mass is 16.2. The maximum absolute atomic E-state index is 13.0. The summed E-state index contributed by atoms with van der Waals surface area (Å²) in [5, 5.41) is 5.88. The lowest BCUT2D eigenvalue weighted by Gasteiger charge is -2.33. The van der Waals surface area contributed by atoms with Crippen molar-refractivity contribution in [3.63, 3.8) is 0 Å². The van der Waals surface area contributed by atoms with E-state index in [0.29, 0.717) is 43.8 Å². The van der Waals surface area contributed by atoms with E-state index in [1.165, 1.54) is 12.5 Å². The van der Waals surface area contributed by atoms with E-state index in [0.717, 1.165) is 11.1 Å². The van der Waals surface area contributed by atoms with Gasteiger partial charge in [0.15, 0.2) is 0 Å². The zero-order valence-electron chi connectivity index (χ0n) is 20.1. The number of nitrogens with one attached hydrogen (secondary N) is 2. The van der Waals surface area contributed by atoms with Gasteiger partial charge in [0.2, 0.25) is 11.8 Å². The summed E-state index contributed by atoms with van der Waals surface area (Å²) in [4.78, 5) is 39.3. The molecule has 1 aliphatic heterocycles. The molecule has 1 atom stereocenters. The number of likely N-dealkylation sites (tertiary alicyclic amines) is 1. The molecule has 1 fully saturated rings. The van der Waals surface area contributed by atoms with Crippen LogP contribution in [0.4, 0.5) is 0 Å². The van der Waals surface area contributed by atoms with Crippen LogP contribution in [0, 0.1) is 6.92 Å². The third-order valence-electron chi connectivity index (χ3n) is 6.17. The summed E-state index contributed by atoms with van der Waals surface area (Å²) in [6.45, 7) is 8.88. The zero-order valence-corrected chi connectivity index (χ0v) is 20.1. The fourth-order valence-electron chi connectivity index (χ4n) is 4.22. The lowest BCUT2D eigenvalue weighted by Crippen LogP contribution is -2.53. The number of carbonyl (C=O) groups excluding carboxylic acids is 3. The molecule has 3 amide bonds. The van der Waals surface area contributed by atoms with Gasteiger partial charge in [-0.05, 0) is 48.9 Å². The Balaban J connectivity index is 1.56. The van der Waals surface area contributed by atoms with Crippen molar-refractivity contribution in [2.75, 3.05) is 13.1 Å². The van der Waals surface area contributed by atoms with Gasteiger partial charge in [-0.25, -0.2) is 0 Å². The molecule has 6 heteroatoms. The maximum Gasteiger partial charge on any atom is 0.253 e. The van der Waals surface area contributed by atoms with Crippen LogP contribution in [0.15, 0.2) is 48.5 Å². The van der Waals surface area contributed by atoms with Crippen LogP contribution in [-0.2, 0) is 16.0 Å². The molecule has 0 saturated carbocycles. The molecule has 1 heterocycles. The minimum Gasteiger partial charge on any atom is -0.351 e. The number of aryl methyl sites for hydroxylation is 1. The molecule has 2 aromatic carbocycles. The zero-order chi connectivity index (χ0) is 24.0. The molecule has 0 spiro atoms. The van der Waals surface area contributed by atoms with Crippen molar-refractivity contribution in [3.8, 4) is 0 Å². The number of hydrogen-bond acceptors (Lipinski definition) is 3. The molecular formula is C27H35N3O3. The fraction of sp³-hybridized carbons (Fsp3) is 0.444. The Bertz CT molecular complexity index is 976. The predicted molar refractivity (Wildman–Crippen MR) is 130 cm³/mol. The second kappa shape index (κ2) is 11.1. The van der Waals surface area contributed by atoms with Gasteiger partial charge in [-0.15, -0.1) is 0 Å². The topological polar surface area (TPSA) is 78.5 Å². The van der Waals surface area contributed by atoms with Crippen LogP contribution in [0.5, 0.6) is 0 Å². The Morgan fingerprint density at radius 1 is 1.03 bits per heavy atom. The first kappa shape index (κ1) is 24.5. The van der Waals surface area contributed by atoms with E-state index in [1.807, 2.05) is 48.2 Å². The van der Waals surface area contributed by atoms with E-state index >= 15 is 0 Å². The van der Waals surface area contributed by atoms with Crippen LogP contribution in [0.3, 0.4) is 0 Å². The van der Waals surface area contributed by atoms with Gasteiger partial charge in [-0.1, -0.05) is 55.8 Å². The normalized spacial score (nSPS) is 15.2. The highest BCUT2D eigenvalue weighted by Gasteiger charge is 2.27. The number of nitrogens with zero attached hydrogens (tertiary/aromatic N) is 1. The van der Waals surface area contributed by atoms with Crippen molar-refractivity contribution < 1.29 is 14.4 Å². The first-order chi connectivity index (χ1) is 15.7. The van der Waals surface area contributed by atoms with E-state index in [2.05, 4.69) is 36.6 Å². The van der Waals surface area contributed by atoms with E-state index in [9.17, 15) is 14.4 Å². The predicted octanol–water partition coefficient (Wildman–Crippen LogP) is 3.59. The van der Waals surface area contributed by atoms with Gasteiger partial charge < -0.3 is 15.5 Å². The molecule has 1 saturated heterocycles. The van der Waals surface area contributed by atoms with Crippen LogP contribution in [0.2, 0.25) is 0 Å². The number of amides is 3. The average Bonchev–Trinajstić information content (AvgIpc) is 2.78. The third-order valence-corrected chi connectivity index (χ3v) is 6.17. The largest absolute Gasteiger partial charge is 0.351 e. The molecule has 0 aliphatic carbocycles. The molecular weight excluding hydrogens is 414 g/mol. The van der Waals surface area contributed by atoms with Crippen molar-refractivity contribution in [1.82, 2.24) is 15.5 Å². The molecule has 176 valence electrons. The van der Waals surface area contributed by atoms with Gasteiger partial charge in [0.1, 0.15) is 6.04 Å². The first-order valence-electron chi connectivity index (χ1n) is 11.7. The highest BCUT2D eigenvalue weighted by molar-refractivity contribution is 5.94. The summed E-state index contributed by atoms with van der Waals surface area (Å²) in [5.74, 6) is 0.0655. The van der Waals surface area contributed by atoms with Crippen LogP contribution >= 0.6 is 0 Å². The molecule has 0 aromatic heterocycles. The Morgan fingerprint density at radius 3 is 2.27 bits per heavy atom. The van der Waals surface area contributed by atoms with E-state index < -0.39 is 6.04 Å². The Morgan fingerprint density at radius 2 is 1.70 bits per heavy atom. The quantitative estimate of drug-likeness (QED) is 0.678. The van der Waals surface area contributed by atoms with E-state index in [1.54, 1.807) is 0 Å². The van der Waals surface area contributed by atoms with Crippen molar-refractivity contribution in [1.29, 1.82) is 0 Å². The maximum atomic E-state index is 13.0. The minimum atomic E-state index is -0.626. The SMILES string of the molecule is CC(=O)NC(Cc1ccc(C(C)C)cc1)C(=O)NC1CCN(C(=O)c2cccc(C)c2)CC1. The van der Waals surface area contributed by atoms with Crippen molar-refractivity contribution in [2.45, 2.75) is 65.0 Å². The second-order valence-corrected chi connectivity index (χ2v) is 9.30. The van der Waals surface area contributed by atoms with Gasteiger partial charge in [0, 0.05) is 38.0 Å². The smallest absolute Gasteiger partial charge is 0.253 e. The van der Waals surface area contributed by atoms with Crippen LogP contribution in [0.1, 0.15) is 66.6 Å². The van der Waals surface area contributed by atoms with Gasteiger partial charge in [-0.3, -0.25) is 14.4 Å². The van der Waals surface area contributed by atoms with E-state index in [4.69, 9.17) is 0 Å². The van der Waals surface area contributed by atoms with Crippen molar-refractivity contribution >= 4 is 17.7 Å². The fourth-order valence-corrected chi connectivity index (χ4v) is 4.22. The minimum absolute atomic E-state index is 0.0152. The third kappa shape index (κ3) is 6.91. The summed E-state index contributed by atoms with van der Waals surface area (Å²) < 4.78 is 0. The summed E-state index contributed by atoms with van der Waals surface area (Å²) in [7, 11) is 0. The molecule has 0 radical (unpaired) electrons. The molecule has 1 aliphatic rings. The van der Waals surface area contributed by atoms with Crippen LogP contribution in [0.25, 0.3) is 0 Å².